The van der Waals surface area contributed by atoms with Gasteiger partial charge in [-0.1, -0.05) is 0 Å². The lowest BCUT2D eigenvalue weighted by Gasteiger charge is -2.04. The van der Waals surface area contributed by atoms with Gasteiger partial charge in [-0.3, -0.25) is 14.6 Å². The highest BCUT2D eigenvalue weighted by molar-refractivity contribution is 7.14. The first-order valence-corrected chi connectivity index (χ1v) is 8.03. The summed E-state index contributed by atoms with van der Waals surface area (Å²) in [7, 11) is 0. The Kier molecular flexibility index (Phi) is 4.92. The third-order valence-electron chi connectivity index (χ3n) is 3.04. The fourth-order valence-electron chi connectivity index (χ4n) is 1.92. The van der Waals surface area contributed by atoms with E-state index in [0.717, 1.165) is 5.69 Å². The molecule has 0 saturated carbocycles. The lowest BCUT2D eigenvalue weighted by molar-refractivity contribution is 0.0947. The molecule has 0 atom stereocenters. The number of pyridine rings is 1. The summed E-state index contributed by atoms with van der Waals surface area (Å²) in [4.78, 5) is 31.8. The summed E-state index contributed by atoms with van der Waals surface area (Å²) in [5.41, 5.74) is 0.913. The molecule has 24 heavy (non-hydrogen) atoms. The molecule has 9 heteroatoms. The van der Waals surface area contributed by atoms with Gasteiger partial charge in [0.25, 0.3) is 11.5 Å². The number of rotatable bonds is 6. The molecule has 0 aromatic carbocycles. The molecular weight excluding hydrogens is 328 g/mol. The first-order valence-electron chi connectivity index (χ1n) is 7.15. The van der Waals surface area contributed by atoms with Gasteiger partial charge in [0.15, 0.2) is 5.13 Å². The van der Waals surface area contributed by atoms with Crippen LogP contribution in [0, 0.1) is 0 Å². The second-order valence-corrected chi connectivity index (χ2v) is 5.60. The lowest BCUT2D eigenvalue weighted by Crippen LogP contribution is -2.31. The van der Waals surface area contributed by atoms with Gasteiger partial charge in [0.1, 0.15) is 5.69 Å². The second kappa shape index (κ2) is 7.47. The van der Waals surface area contributed by atoms with Crippen molar-refractivity contribution in [2.75, 3.05) is 11.9 Å². The van der Waals surface area contributed by atoms with Crippen molar-refractivity contribution in [3.8, 4) is 0 Å². The van der Waals surface area contributed by atoms with Crippen LogP contribution in [0.2, 0.25) is 0 Å². The average Bonchev–Trinajstić information content (AvgIpc) is 3.06. The molecule has 0 aliphatic rings. The van der Waals surface area contributed by atoms with Crippen molar-refractivity contribution in [1.82, 2.24) is 25.1 Å². The SMILES string of the molecule is O=C(NCCn1ncccc1=O)c1csc(Nc2cccnc2)n1. The van der Waals surface area contributed by atoms with Crippen LogP contribution in [-0.4, -0.2) is 32.2 Å². The molecule has 3 heterocycles. The minimum absolute atomic E-state index is 0.205. The summed E-state index contributed by atoms with van der Waals surface area (Å²) in [5, 5.41) is 12.0. The number of anilines is 2. The summed E-state index contributed by atoms with van der Waals surface area (Å²) in [5.74, 6) is -0.297. The Morgan fingerprint density at radius 2 is 2.12 bits per heavy atom. The maximum atomic E-state index is 12.1. The van der Waals surface area contributed by atoms with E-state index in [9.17, 15) is 9.59 Å². The monoisotopic (exact) mass is 342 g/mol. The number of hydrogen-bond donors (Lipinski definition) is 2. The molecule has 0 unspecified atom stereocenters. The number of amides is 1. The molecule has 3 aromatic rings. The molecule has 0 radical (unpaired) electrons. The zero-order chi connectivity index (χ0) is 16.8. The van der Waals surface area contributed by atoms with Gasteiger partial charge < -0.3 is 10.6 Å². The van der Waals surface area contributed by atoms with Crippen molar-refractivity contribution in [3.63, 3.8) is 0 Å². The summed E-state index contributed by atoms with van der Waals surface area (Å²) in [6.45, 7) is 0.592. The molecule has 8 nitrogen and oxygen atoms in total. The van der Waals surface area contributed by atoms with Crippen LogP contribution in [0.25, 0.3) is 0 Å². The van der Waals surface area contributed by atoms with Crippen molar-refractivity contribution >= 4 is 28.1 Å². The van der Waals surface area contributed by atoms with Crippen LogP contribution >= 0.6 is 11.3 Å². The molecule has 0 bridgehead atoms. The molecule has 3 rings (SSSR count). The minimum atomic E-state index is -0.297. The van der Waals surface area contributed by atoms with Crippen LogP contribution in [-0.2, 0) is 6.54 Å². The normalized spacial score (nSPS) is 10.3. The van der Waals surface area contributed by atoms with Gasteiger partial charge in [-0.05, 0) is 18.2 Å². The fourth-order valence-corrected chi connectivity index (χ4v) is 2.63. The number of hydrogen-bond acceptors (Lipinski definition) is 7. The Morgan fingerprint density at radius 3 is 2.92 bits per heavy atom. The highest BCUT2D eigenvalue weighted by Crippen LogP contribution is 2.19. The minimum Gasteiger partial charge on any atom is -0.349 e. The van der Waals surface area contributed by atoms with E-state index in [2.05, 4.69) is 25.7 Å². The smallest absolute Gasteiger partial charge is 0.270 e. The molecule has 0 aliphatic heterocycles. The van der Waals surface area contributed by atoms with Crippen LogP contribution in [0.5, 0.6) is 0 Å². The van der Waals surface area contributed by atoms with Crippen molar-refractivity contribution in [1.29, 1.82) is 0 Å². The summed E-state index contributed by atoms with van der Waals surface area (Å²) in [6.07, 6.45) is 4.88. The van der Waals surface area contributed by atoms with E-state index in [-0.39, 0.29) is 11.5 Å². The van der Waals surface area contributed by atoms with Crippen LogP contribution in [0.1, 0.15) is 10.5 Å². The average molecular weight is 342 g/mol. The first kappa shape index (κ1) is 15.8. The van der Waals surface area contributed by atoms with Gasteiger partial charge in [0, 0.05) is 30.4 Å². The summed E-state index contributed by atoms with van der Waals surface area (Å²) >= 11 is 1.33. The van der Waals surface area contributed by atoms with Crippen LogP contribution in [0.3, 0.4) is 0 Å². The Bertz CT molecular complexity index is 877. The van der Waals surface area contributed by atoms with Crippen molar-refractivity contribution < 1.29 is 4.79 Å². The number of carbonyl (C=O) groups is 1. The van der Waals surface area contributed by atoms with Crippen LogP contribution in [0.15, 0.2) is 53.0 Å². The zero-order valence-corrected chi connectivity index (χ0v) is 13.4. The number of nitrogens with one attached hydrogen (secondary N) is 2. The van der Waals surface area contributed by atoms with E-state index in [1.807, 2.05) is 12.1 Å². The Labute approximate surface area is 141 Å². The second-order valence-electron chi connectivity index (χ2n) is 4.75. The standard InChI is InChI=1S/C15H14N6O2S/c22-13-4-2-6-18-21(13)8-7-17-14(23)12-10-24-15(20-12)19-11-3-1-5-16-9-11/h1-6,9-10H,7-8H2,(H,17,23)(H,19,20). The van der Waals surface area contributed by atoms with Gasteiger partial charge in [-0.15, -0.1) is 11.3 Å². The quantitative estimate of drug-likeness (QED) is 0.699. The van der Waals surface area contributed by atoms with Crippen LogP contribution < -0.4 is 16.2 Å². The predicted octanol–water partition coefficient (Wildman–Crippen LogP) is 1.27. The van der Waals surface area contributed by atoms with Crippen molar-refractivity contribution in [2.45, 2.75) is 6.54 Å². The van der Waals surface area contributed by atoms with E-state index < -0.39 is 0 Å². The van der Waals surface area contributed by atoms with Crippen molar-refractivity contribution in [2.24, 2.45) is 0 Å². The molecule has 1 amide bonds. The van der Waals surface area contributed by atoms with Crippen LogP contribution in [0.4, 0.5) is 10.8 Å². The third kappa shape index (κ3) is 4.02. The van der Waals surface area contributed by atoms with Gasteiger partial charge in [-0.2, -0.15) is 5.10 Å². The fraction of sp³-hybridized carbons (Fsp3) is 0.133. The Balaban J connectivity index is 1.54. The third-order valence-corrected chi connectivity index (χ3v) is 3.80. The first-order chi connectivity index (χ1) is 11.7. The molecule has 0 fully saturated rings. The van der Waals surface area contributed by atoms with Gasteiger partial charge >= 0.3 is 0 Å². The largest absolute Gasteiger partial charge is 0.349 e. The zero-order valence-electron chi connectivity index (χ0n) is 12.5. The number of aromatic nitrogens is 4. The summed E-state index contributed by atoms with van der Waals surface area (Å²) in [6, 6.07) is 6.66. The van der Waals surface area contributed by atoms with E-state index in [0.29, 0.717) is 23.9 Å². The highest BCUT2D eigenvalue weighted by atomic mass is 32.1. The summed E-state index contributed by atoms with van der Waals surface area (Å²) < 4.78 is 1.29. The number of thiazole rings is 1. The maximum Gasteiger partial charge on any atom is 0.270 e. The molecule has 2 N–H and O–H groups in total. The van der Waals surface area contributed by atoms with E-state index in [1.54, 1.807) is 23.8 Å². The van der Waals surface area contributed by atoms with Gasteiger partial charge in [0.2, 0.25) is 0 Å². The predicted molar refractivity (Wildman–Crippen MR) is 90.5 cm³/mol. The number of carbonyl (C=O) groups excluding carboxylic acids is 1. The Hall–Kier alpha value is -3.07. The van der Waals surface area contributed by atoms with Gasteiger partial charge in [-0.25, -0.2) is 9.67 Å². The molecule has 3 aromatic heterocycles. The molecule has 0 spiro atoms. The molecular formula is C15H14N6O2S. The van der Waals surface area contributed by atoms with Crippen molar-refractivity contribution in [3.05, 3.63) is 64.3 Å². The topological polar surface area (TPSA) is 102 Å². The Morgan fingerprint density at radius 1 is 1.25 bits per heavy atom. The maximum absolute atomic E-state index is 12.1. The lowest BCUT2D eigenvalue weighted by atomic mass is 10.4. The highest BCUT2D eigenvalue weighted by Gasteiger charge is 2.10. The molecule has 0 saturated heterocycles. The molecule has 0 aliphatic carbocycles. The van der Waals surface area contributed by atoms with E-state index in [4.69, 9.17) is 0 Å². The van der Waals surface area contributed by atoms with E-state index in [1.165, 1.54) is 28.3 Å². The van der Waals surface area contributed by atoms with Gasteiger partial charge in [0.05, 0.1) is 18.4 Å². The molecule has 122 valence electrons. The number of nitrogens with zero attached hydrogens (tertiary/aromatic N) is 4. The van der Waals surface area contributed by atoms with E-state index >= 15 is 0 Å².